The SMILES string of the molecule is Cc1ccc([C@H](O)[C@@H]2CCN([C@@H](C)c3ccccc3)C2=O)c(C)c1. The van der Waals surface area contributed by atoms with Crippen LogP contribution in [0.4, 0.5) is 0 Å². The second-order valence-corrected chi connectivity index (χ2v) is 6.82. The number of likely N-dealkylation sites (tertiary alicyclic amines) is 1. The summed E-state index contributed by atoms with van der Waals surface area (Å²) in [6.07, 6.45) is -0.0316. The molecule has 0 radical (unpaired) electrons. The van der Waals surface area contributed by atoms with Gasteiger partial charge in [0, 0.05) is 6.54 Å². The number of rotatable bonds is 4. The van der Waals surface area contributed by atoms with Crippen molar-refractivity contribution in [1.29, 1.82) is 0 Å². The summed E-state index contributed by atoms with van der Waals surface area (Å²) < 4.78 is 0. The van der Waals surface area contributed by atoms with Crippen LogP contribution in [-0.2, 0) is 4.79 Å². The monoisotopic (exact) mass is 323 g/mol. The van der Waals surface area contributed by atoms with Gasteiger partial charge in [-0.1, -0.05) is 54.1 Å². The first-order valence-electron chi connectivity index (χ1n) is 8.59. The number of carbonyl (C=O) groups excluding carboxylic acids is 1. The molecule has 1 aliphatic heterocycles. The molecule has 1 heterocycles. The van der Waals surface area contributed by atoms with Crippen LogP contribution in [0.15, 0.2) is 48.5 Å². The maximum Gasteiger partial charge on any atom is 0.229 e. The van der Waals surface area contributed by atoms with Gasteiger partial charge in [0.05, 0.1) is 18.1 Å². The molecule has 3 nitrogen and oxygen atoms in total. The van der Waals surface area contributed by atoms with E-state index in [1.807, 2.05) is 61.2 Å². The number of carbonyl (C=O) groups is 1. The highest BCUT2D eigenvalue weighted by atomic mass is 16.3. The molecule has 3 atom stereocenters. The Morgan fingerprint density at radius 1 is 1.12 bits per heavy atom. The van der Waals surface area contributed by atoms with Crippen molar-refractivity contribution in [3.63, 3.8) is 0 Å². The van der Waals surface area contributed by atoms with Gasteiger partial charge in [-0.3, -0.25) is 4.79 Å². The van der Waals surface area contributed by atoms with E-state index in [0.29, 0.717) is 13.0 Å². The van der Waals surface area contributed by atoms with Crippen LogP contribution < -0.4 is 0 Å². The minimum Gasteiger partial charge on any atom is -0.388 e. The van der Waals surface area contributed by atoms with Crippen molar-refractivity contribution < 1.29 is 9.90 Å². The van der Waals surface area contributed by atoms with Crippen LogP contribution in [0.25, 0.3) is 0 Å². The Bertz CT molecular complexity index is 726. The number of hydrogen-bond donors (Lipinski definition) is 1. The van der Waals surface area contributed by atoms with Crippen LogP contribution in [0.1, 0.15) is 47.7 Å². The first-order valence-corrected chi connectivity index (χ1v) is 8.59. The van der Waals surface area contributed by atoms with E-state index in [1.165, 1.54) is 5.56 Å². The van der Waals surface area contributed by atoms with E-state index in [-0.39, 0.29) is 17.9 Å². The van der Waals surface area contributed by atoms with E-state index in [4.69, 9.17) is 0 Å². The minimum atomic E-state index is -0.730. The van der Waals surface area contributed by atoms with Crippen molar-refractivity contribution in [2.75, 3.05) is 6.54 Å². The fourth-order valence-electron chi connectivity index (χ4n) is 3.69. The second-order valence-electron chi connectivity index (χ2n) is 6.82. The average Bonchev–Trinajstić information content (AvgIpc) is 2.96. The van der Waals surface area contributed by atoms with E-state index in [1.54, 1.807) is 0 Å². The Morgan fingerprint density at radius 3 is 2.50 bits per heavy atom. The van der Waals surface area contributed by atoms with Gasteiger partial charge in [0.15, 0.2) is 0 Å². The van der Waals surface area contributed by atoms with Crippen LogP contribution in [0.2, 0.25) is 0 Å². The molecule has 2 aromatic rings. The maximum atomic E-state index is 12.9. The molecule has 1 N–H and O–H groups in total. The number of nitrogens with zero attached hydrogens (tertiary/aromatic N) is 1. The summed E-state index contributed by atoms with van der Waals surface area (Å²) in [5.41, 5.74) is 4.21. The molecule has 2 aromatic carbocycles. The number of hydrogen-bond acceptors (Lipinski definition) is 2. The zero-order valence-corrected chi connectivity index (χ0v) is 14.6. The highest BCUT2D eigenvalue weighted by molar-refractivity contribution is 5.82. The molecular weight excluding hydrogens is 298 g/mol. The van der Waals surface area contributed by atoms with Gasteiger partial charge in [-0.15, -0.1) is 0 Å². The Labute approximate surface area is 143 Å². The van der Waals surface area contributed by atoms with Gasteiger partial charge in [0.25, 0.3) is 0 Å². The van der Waals surface area contributed by atoms with Crippen molar-refractivity contribution in [2.24, 2.45) is 5.92 Å². The van der Waals surface area contributed by atoms with Gasteiger partial charge in [0.2, 0.25) is 5.91 Å². The summed E-state index contributed by atoms with van der Waals surface area (Å²) in [6.45, 7) is 6.78. The molecule has 3 rings (SSSR count). The summed E-state index contributed by atoms with van der Waals surface area (Å²) in [5, 5.41) is 10.8. The molecule has 0 aromatic heterocycles. The average molecular weight is 323 g/mol. The molecule has 1 saturated heterocycles. The number of aliphatic hydroxyl groups is 1. The molecule has 1 aliphatic rings. The van der Waals surface area contributed by atoms with Crippen molar-refractivity contribution in [3.05, 3.63) is 70.8 Å². The first kappa shape index (κ1) is 16.7. The van der Waals surface area contributed by atoms with Gasteiger partial charge >= 0.3 is 0 Å². The van der Waals surface area contributed by atoms with Crippen LogP contribution in [-0.4, -0.2) is 22.5 Å². The van der Waals surface area contributed by atoms with E-state index in [9.17, 15) is 9.90 Å². The lowest BCUT2D eigenvalue weighted by atomic mass is 9.91. The molecule has 126 valence electrons. The molecule has 24 heavy (non-hydrogen) atoms. The van der Waals surface area contributed by atoms with Crippen molar-refractivity contribution in [3.8, 4) is 0 Å². The normalized spacial score (nSPS) is 20.2. The standard InChI is InChI=1S/C21H25NO2/c1-14-9-10-18(15(2)13-14)20(23)19-11-12-22(21(19)24)16(3)17-7-5-4-6-8-17/h4-10,13,16,19-20,23H,11-12H2,1-3H3/t16-,19-,20-/m0/s1. The quantitative estimate of drug-likeness (QED) is 0.925. The third-order valence-corrected chi connectivity index (χ3v) is 5.16. The van der Waals surface area contributed by atoms with E-state index < -0.39 is 6.10 Å². The fourth-order valence-corrected chi connectivity index (χ4v) is 3.69. The Kier molecular flexibility index (Phi) is 4.72. The summed E-state index contributed by atoms with van der Waals surface area (Å²) in [7, 11) is 0. The summed E-state index contributed by atoms with van der Waals surface area (Å²) >= 11 is 0. The third-order valence-electron chi connectivity index (χ3n) is 5.16. The lowest BCUT2D eigenvalue weighted by Gasteiger charge is -2.26. The highest BCUT2D eigenvalue weighted by Gasteiger charge is 2.39. The fraction of sp³-hybridized carbons (Fsp3) is 0.381. The van der Waals surface area contributed by atoms with Gasteiger partial charge < -0.3 is 10.0 Å². The zero-order chi connectivity index (χ0) is 17.3. The van der Waals surface area contributed by atoms with Gasteiger partial charge in [-0.25, -0.2) is 0 Å². The summed E-state index contributed by atoms with van der Waals surface area (Å²) in [5.74, 6) is -0.295. The van der Waals surface area contributed by atoms with Gasteiger partial charge in [0.1, 0.15) is 0 Å². The topological polar surface area (TPSA) is 40.5 Å². The zero-order valence-electron chi connectivity index (χ0n) is 14.6. The molecule has 0 bridgehead atoms. The lowest BCUT2D eigenvalue weighted by molar-refractivity contribution is -0.135. The Morgan fingerprint density at radius 2 is 1.83 bits per heavy atom. The molecule has 3 heteroatoms. The second kappa shape index (κ2) is 6.78. The molecule has 0 aliphatic carbocycles. The smallest absolute Gasteiger partial charge is 0.229 e. The molecule has 1 amide bonds. The van der Waals surface area contributed by atoms with Crippen molar-refractivity contribution in [2.45, 2.75) is 39.3 Å². The molecule has 0 saturated carbocycles. The molecular formula is C21H25NO2. The number of aliphatic hydroxyl groups excluding tert-OH is 1. The minimum absolute atomic E-state index is 0.0371. The number of aryl methyl sites for hydroxylation is 2. The van der Waals surface area contributed by atoms with Gasteiger partial charge in [-0.2, -0.15) is 0 Å². The number of benzene rings is 2. The highest BCUT2D eigenvalue weighted by Crippen LogP contribution is 2.36. The van der Waals surface area contributed by atoms with E-state index in [0.717, 1.165) is 16.7 Å². The van der Waals surface area contributed by atoms with Crippen molar-refractivity contribution in [1.82, 2.24) is 4.90 Å². The first-order chi connectivity index (χ1) is 11.5. The predicted octanol–water partition coefficient (Wildman–Crippen LogP) is 3.95. The van der Waals surface area contributed by atoms with Crippen LogP contribution >= 0.6 is 0 Å². The molecule has 0 unspecified atom stereocenters. The maximum absolute atomic E-state index is 12.9. The molecule has 0 spiro atoms. The lowest BCUT2D eigenvalue weighted by Crippen LogP contribution is -2.32. The van der Waals surface area contributed by atoms with Crippen molar-refractivity contribution >= 4 is 5.91 Å². The van der Waals surface area contributed by atoms with Crippen LogP contribution in [0, 0.1) is 19.8 Å². The van der Waals surface area contributed by atoms with E-state index in [2.05, 4.69) is 13.0 Å². The summed E-state index contributed by atoms with van der Waals surface area (Å²) in [4.78, 5) is 14.8. The largest absolute Gasteiger partial charge is 0.388 e. The third kappa shape index (κ3) is 3.09. The predicted molar refractivity (Wildman–Crippen MR) is 95.6 cm³/mol. The van der Waals surface area contributed by atoms with Crippen LogP contribution in [0.3, 0.4) is 0 Å². The Balaban J connectivity index is 1.78. The van der Waals surface area contributed by atoms with Gasteiger partial charge in [-0.05, 0) is 43.9 Å². The summed E-state index contributed by atoms with van der Waals surface area (Å²) in [6, 6.07) is 16.1. The Hall–Kier alpha value is -2.13. The molecule has 1 fully saturated rings. The number of amides is 1. The van der Waals surface area contributed by atoms with E-state index >= 15 is 0 Å². The van der Waals surface area contributed by atoms with Crippen LogP contribution in [0.5, 0.6) is 0 Å².